The van der Waals surface area contributed by atoms with Crippen molar-refractivity contribution in [3.63, 3.8) is 0 Å². The molecule has 0 aliphatic rings. The van der Waals surface area contributed by atoms with Crippen molar-refractivity contribution >= 4 is 11.6 Å². The molecule has 0 aliphatic carbocycles. The zero-order chi connectivity index (χ0) is 5.82. The van der Waals surface area contributed by atoms with Gasteiger partial charge in [-0.15, -0.1) is 11.6 Å². The lowest BCUT2D eigenvalue weighted by Gasteiger charge is -1.86. The maximum Gasteiger partial charge on any atom is 0.0647 e. The zero-order valence-corrected chi connectivity index (χ0v) is 5.02. The van der Waals surface area contributed by atoms with Crippen LogP contribution in [0.2, 0.25) is 0 Å². The van der Waals surface area contributed by atoms with E-state index in [1.54, 1.807) is 12.3 Å². The third-order valence-electron chi connectivity index (χ3n) is 0.814. The third kappa shape index (κ3) is 1.20. The van der Waals surface area contributed by atoms with E-state index in [0.29, 0.717) is 5.88 Å². The lowest BCUT2D eigenvalue weighted by molar-refractivity contribution is 1.17. The predicted molar refractivity (Wildman–Crippen MR) is 32.6 cm³/mol. The Labute approximate surface area is 53.3 Å². The molecule has 0 fully saturated rings. The van der Waals surface area contributed by atoms with E-state index in [1.807, 2.05) is 6.07 Å². The molecule has 41 valence electrons. The first-order valence-electron chi connectivity index (χ1n) is 2.30. The molecule has 2 heteroatoms. The predicted octanol–water partition coefficient (Wildman–Crippen LogP) is 1.62. The molecule has 0 N–H and O–H groups in total. The minimum atomic E-state index is 0.481. The average molecular weight is 127 g/mol. The van der Waals surface area contributed by atoms with Gasteiger partial charge in [0.1, 0.15) is 0 Å². The molecule has 0 atom stereocenters. The summed E-state index contributed by atoms with van der Waals surface area (Å²) in [7, 11) is 0. The smallest absolute Gasteiger partial charge is 0.0647 e. The minimum absolute atomic E-state index is 0.481. The number of pyridine rings is 1. The fourth-order valence-electron chi connectivity index (χ4n) is 0.430. The van der Waals surface area contributed by atoms with Crippen molar-refractivity contribution in [1.29, 1.82) is 0 Å². The second-order valence-electron chi connectivity index (χ2n) is 1.38. The van der Waals surface area contributed by atoms with E-state index in [2.05, 4.69) is 11.1 Å². The molecule has 1 aromatic heterocycles. The lowest BCUT2D eigenvalue weighted by Crippen LogP contribution is -1.79. The number of rotatable bonds is 1. The minimum Gasteiger partial charge on any atom is -0.259 e. The van der Waals surface area contributed by atoms with E-state index >= 15 is 0 Å². The quantitative estimate of drug-likeness (QED) is 0.521. The van der Waals surface area contributed by atoms with E-state index in [1.165, 1.54) is 0 Å². The van der Waals surface area contributed by atoms with Crippen LogP contribution in [0.3, 0.4) is 0 Å². The number of hydrogen-bond donors (Lipinski definition) is 0. The van der Waals surface area contributed by atoms with Crippen molar-refractivity contribution in [2.45, 2.75) is 5.88 Å². The normalized spacial score (nSPS) is 9.12. The molecule has 1 nitrogen and oxygen atoms in total. The van der Waals surface area contributed by atoms with Gasteiger partial charge >= 0.3 is 0 Å². The Morgan fingerprint density at radius 2 is 2.62 bits per heavy atom. The van der Waals surface area contributed by atoms with Crippen LogP contribution < -0.4 is 0 Å². The van der Waals surface area contributed by atoms with Crippen molar-refractivity contribution in [3.8, 4) is 0 Å². The molecule has 0 saturated carbocycles. The summed E-state index contributed by atoms with van der Waals surface area (Å²) >= 11 is 5.45. The SMILES string of the molecule is ClCc1cc[c]cn1. The number of halogens is 1. The standard InChI is InChI=1S/C6H5ClN/c7-5-6-3-1-2-4-8-6/h1,3-4H,5H2. The molecular formula is C6H5ClN. The summed E-state index contributed by atoms with van der Waals surface area (Å²) in [5.41, 5.74) is 0.894. The van der Waals surface area contributed by atoms with Crippen LogP contribution in [0.1, 0.15) is 5.69 Å². The highest BCUT2D eigenvalue weighted by atomic mass is 35.5. The second-order valence-corrected chi connectivity index (χ2v) is 1.65. The van der Waals surface area contributed by atoms with E-state index in [4.69, 9.17) is 11.6 Å². The number of aromatic nitrogens is 1. The Balaban J connectivity index is 2.83. The molecule has 0 spiro atoms. The Hall–Kier alpha value is -0.560. The monoisotopic (exact) mass is 126 g/mol. The van der Waals surface area contributed by atoms with Gasteiger partial charge in [-0.2, -0.15) is 0 Å². The molecule has 1 aromatic rings. The van der Waals surface area contributed by atoms with Gasteiger partial charge in [-0.1, -0.05) is 6.07 Å². The molecular weight excluding hydrogens is 122 g/mol. The molecule has 8 heavy (non-hydrogen) atoms. The second kappa shape index (κ2) is 2.68. The molecule has 1 radical (unpaired) electrons. The van der Waals surface area contributed by atoms with Crippen LogP contribution in [0.15, 0.2) is 18.3 Å². The van der Waals surface area contributed by atoms with Gasteiger partial charge in [0.15, 0.2) is 0 Å². The molecule has 1 rings (SSSR count). The molecule has 0 amide bonds. The molecule has 1 heterocycles. The van der Waals surface area contributed by atoms with E-state index in [0.717, 1.165) is 5.69 Å². The van der Waals surface area contributed by atoms with Crippen LogP contribution in [-0.4, -0.2) is 4.98 Å². The number of hydrogen-bond acceptors (Lipinski definition) is 1. The van der Waals surface area contributed by atoms with Crippen LogP contribution in [0, 0.1) is 6.07 Å². The fourth-order valence-corrected chi connectivity index (χ4v) is 0.588. The lowest BCUT2D eigenvalue weighted by atomic mass is 10.4. The molecule has 0 aromatic carbocycles. The van der Waals surface area contributed by atoms with Gasteiger partial charge in [-0.3, -0.25) is 4.98 Å². The summed E-state index contributed by atoms with van der Waals surface area (Å²) in [4.78, 5) is 3.91. The summed E-state index contributed by atoms with van der Waals surface area (Å²) in [5, 5.41) is 0. The maximum atomic E-state index is 5.45. The van der Waals surface area contributed by atoms with Gasteiger partial charge in [-0.25, -0.2) is 0 Å². The van der Waals surface area contributed by atoms with E-state index < -0.39 is 0 Å². The molecule has 0 unspecified atom stereocenters. The Bertz CT molecular complexity index is 150. The van der Waals surface area contributed by atoms with Gasteiger partial charge in [-0.05, 0) is 6.07 Å². The Morgan fingerprint density at radius 1 is 1.75 bits per heavy atom. The van der Waals surface area contributed by atoms with Gasteiger partial charge < -0.3 is 0 Å². The van der Waals surface area contributed by atoms with Gasteiger partial charge in [0, 0.05) is 12.3 Å². The molecule has 0 aliphatic heterocycles. The van der Waals surface area contributed by atoms with Crippen LogP contribution in [0.5, 0.6) is 0 Å². The van der Waals surface area contributed by atoms with E-state index in [9.17, 15) is 0 Å². The van der Waals surface area contributed by atoms with Crippen molar-refractivity contribution in [2.75, 3.05) is 0 Å². The summed E-state index contributed by atoms with van der Waals surface area (Å²) in [6, 6.07) is 6.43. The number of nitrogens with zero attached hydrogens (tertiary/aromatic N) is 1. The summed E-state index contributed by atoms with van der Waals surface area (Å²) in [5.74, 6) is 0.481. The topological polar surface area (TPSA) is 12.9 Å². The van der Waals surface area contributed by atoms with E-state index in [-0.39, 0.29) is 0 Å². The van der Waals surface area contributed by atoms with Crippen molar-refractivity contribution in [1.82, 2.24) is 4.98 Å². The van der Waals surface area contributed by atoms with Crippen molar-refractivity contribution in [2.24, 2.45) is 0 Å². The van der Waals surface area contributed by atoms with Crippen LogP contribution in [0.25, 0.3) is 0 Å². The first kappa shape index (κ1) is 5.57. The molecule has 0 bridgehead atoms. The van der Waals surface area contributed by atoms with Crippen LogP contribution >= 0.6 is 11.6 Å². The summed E-state index contributed by atoms with van der Waals surface area (Å²) in [6.45, 7) is 0. The Morgan fingerprint density at radius 3 is 3.00 bits per heavy atom. The first-order chi connectivity index (χ1) is 3.93. The summed E-state index contributed by atoms with van der Waals surface area (Å²) < 4.78 is 0. The van der Waals surface area contributed by atoms with Gasteiger partial charge in [0.2, 0.25) is 0 Å². The highest BCUT2D eigenvalue weighted by Crippen LogP contribution is 1.95. The zero-order valence-electron chi connectivity index (χ0n) is 4.26. The number of alkyl halides is 1. The highest BCUT2D eigenvalue weighted by Gasteiger charge is 1.83. The first-order valence-corrected chi connectivity index (χ1v) is 2.84. The fraction of sp³-hybridized carbons (Fsp3) is 0.167. The highest BCUT2D eigenvalue weighted by molar-refractivity contribution is 6.16. The van der Waals surface area contributed by atoms with Crippen LogP contribution in [0.4, 0.5) is 0 Å². The van der Waals surface area contributed by atoms with Gasteiger partial charge in [0.25, 0.3) is 0 Å². The van der Waals surface area contributed by atoms with Crippen molar-refractivity contribution < 1.29 is 0 Å². The third-order valence-corrected chi connectivity index (χ3v) is 1.09. The largest absolute Gasteiger partial charge is 0.259 e. The van der Waals surface area contributed by atoms with Crippen molar-refractivity contribution in [3.05, 3.63) is 30.1 Å². The van der Waals surface area contributed by atoms with Crippen LogP contribution in [-0.2, 0) is 5.88 Å². The molecule has 0 saturated heterocycles. The Kier molecular flexibility index (Phi) is 1.86. The van der Waals surface area contributed by atoms with Gasteiger partial charge in [0.05, 0.1) is 11.6 Å². The summed E-state index contributed by atoms with van der Waals surface area (Å²) in [6.07, 6.45) is 1.61. The maximum absolute atomic E-state index is 5.45. The average Bonchev–Trinajstić information content (AvgIpc) is 1.90.